The summed E-state index contributed by atoms with van der Waals surface area (Å²) in [6.07, 6.45) is 1.79. The molecule has 178 valence electrons. The molecule has 2 aliphatic rings. The first kappa shape index (κ1) is 24.3. The molecule has 2 aromatic carbocycles. The Morgan fingerprint density at radius 3 is 2.56 bits per heavy atom. The molecule has 2 saturated heterocycles. The predicted octanol–water partition coefficient (Wildman–Crippen LogP) is 4.17. The van der Waals surface area contributed by atoms with E-state index in [4.69, 9.17) is 14.2 Å². The number of likely N-dealkylation sites (N-methyl/N-ethyl adjacent to an activating group) is 1. The Bertz CT molecular complexity index is 1180. The number of aliphatic imine (C=N–C) groups is 1. The van der Waals surface area contributed by atoms with Gasteiger partial charge in [0.25, 0.3) is 11.8 Å². The van der Waals surface area contributed by atoms with E-state index in [1.165, 1.54) is 16.7 Å². The Hall–Kier alpha value is -2.82. The molecule has 0 bridgehead atoms. The topological polar surface area (TPSA) is 80.7 Å². The number of amides is 2. The summed E-state index contributed by atoms with van der Waals surface area (Å²) >= 11 is 4.80. The van der Waals surface area contributed by atoms with E-state index < -0.39 is 0 Å². The van der Waals surface area contributed by atoms with Crippen LogP contribution < -0.4 is 9.47 Å². The van der Waals surface area contributed by atoms with E-state index in [0.29, 0.717) is 59.1 Å². The summed E-state index contributed by atoms with van der Waals surface area (Å²) in [7, 11) is 4.82. The minimum atomic E-state index is -0.161. The van der Waals surface area contributed by atoms with Gasteiger partial charge < -0.3 is 19.1 Å². The number of rotatable bonds is 5. The molecular weight excluding hydrogens is 522 g/mol. The number of methoxy groups -OCH3 is 2. The molecule has 2 aromatic rings. The molecule has 4 rings (SSSR count). The zero-order chi connectivity index (χ0) is 24.2. The number of thioether (sulfide) groups is 1. The van der Waals surface area contributed by atoms with Gasteiger partial charge in [0, 0.05) is 30.2 Å². The summed E-state index contributed by atoms with van der Waals surface area (Å²) in [6.45, 7) is 2.24. The number of ether oxygens (including phenoxy) is 3. The molecule has 2 aliphatic heterocycles. The zero-order valence-electron chi connectivity index (χ0n) is 19.0. The largest absolute Gasteiger partial charge is 0.493 e. The van der Waals surface area contributed by atoms with Crippen LogP contribution in [-0.2, 0) is 9.53 Å². The van der Waals surface area contributed by atoms with Crippen molar-refractivity contribution in [3.63, 3.8) is 0 Å². The molecule has 0 N–H and O–H groups in total. The lowest BCUT2D eigenvalue weighted by atomic mass is 10.1. The van der Waals surface area contributed by atoms with Crippen LogP contribution in [0.5, 0.6) is 11.5 Å². The second-order valence-electron chi connectivity index (χ2n) is 7.55. The van der Waals surface area contributed by atoms with Gasteiger partial charge in [-0.2, -0.15) is 0 Å². The second kappa shape index (κ2) is 10.6. The number of nitrogens with zero attached hydrogens (tertiary/aromatic N) is 3. The van der Waals surface area contributed by atoms with Gasteiger partial charge in [0.15, 0.2) is 16.7 Å². The number of amidine groups is 1. The number of morpholine rings is 1. The Balaban J connectivity index is 1.58. The number of hydrogen-bond acceptors (Lipinski definition) is 7. The molecule has 2 amide bonds. The third kappa shape index (κ3) is 5.13. The fraction of sp³-hybridized carbons (Fsp3) is 0.292. The van der Waals surface area contributed by atoms with E-state index in [-0.39, 0.29) is 11.8 Å². The molecule has 34 heavy (non-hydrogen) atoms. The monoisotopic (exact) mass is 545 g/mol. The van der Waals surface area contributed by atoms with Crippen molar-refractivity contribution in [1.29, 1.82) is 0 Å². The molecule has 8 nitrogen and oxygen atoms in total. The zero-order valence-corrected chi connectivity index (χ0v) is 21.4. The minimum absolute atomic E-state index is 0.0484. The van der Waals surface area contributed by atoms with E-state index in [9.17, 15) is 9.59 Å². The molecule has 0 atom stereocenters. The summed E-state index contributed by atoms with van der Waals surface area (Å²) < 4.78 is 16.8. The van der Waals surface area contributed by atoms with Gasteiger partial charge in [-0.3, -0.25) is 14.5 Å². The van der Waals surface area contributed by atoms with E-state index in [0.717, 1.165) is 10.0 Å². The van der Waals surface area contributed by atoms with Crippen molar-refractivity contribution < 1.29 is 23.8 Å². The third-order valence-corrected chi connectivity index (χ3v) is 7.16. The summed E-state index contributed by atoms with van der Waals surface area (Å²) in [4.78, 5) is 34.1. The molecule has 0 saturated carbocycles. The summed E-state index contributed by atoms with van der Waals surface area (Å²) in [5, 5.41) is 0.531. The lowest BCUT2D eigenvalue weighted by molar-refractivity contribution is -0.121. The van der Waals surface area contributed by atoms with E-state index in [2.05, 4.69) is 20.9 Å². The van der Waals surface area contributed by atoms with Crippen LogP contribution in [0.15, 0.2) is 50.8 Å². The lowest BCUT2D eigenvalue weighted by Gasteiger charge is -2.26. The van der Waals surface area contributed by atoms with Gasteiger partial charge >= 0.3 is 0 Å². The Morgan fingerprint density at radius 2 is 1.85 bits per heavy atom. The van der Waals surface area contributed by atoms with E-state index in [1.54, 1.807) is 62.6 Å². The maximum atomic E-state index is 12.9. The second-order valence-corrected chi connectivity index (χ2v) is 9.42. The van der Waals surface area contributed by atoms with Gasteiger partial charge in [0.2, 0.25) is 0 Å². The van der Waals surface area contributed by atoms with Crippen molar-refractivity contribution in [2.24, 2.45) is 4.99 Å². The third-order valence-electron chi connectivity index (χ3n) is 5.41. The van der Waals surface area contributed by atoms with Crippen molar-refractivity contribution >= 4 is 56.4 Å². The average molecular weight is 546 g/mol. The highest BCUT2D eigenvalue weighted by atomic mass is 79.9. The normalized spacial score (nSPS) is 18.6. The predicted molar refractivity (Wildman–Crippen MR) is 136 cm³/mol. The van der Waals surface area contributed by atoms with Crippen LogP contribution in [0.25, 0.3) is 6.08 Å². The average Bonchev–Trinajstić information content (AvgIpc) is 3.12. The summed E-state index contributed by atoms with van der Waals surface area (Å²) in [6, 6.07) is 10.7. The smallest absolute Gasteiger partial charge is 0.266 e. The fourth-order valence-corrected chi connectivity index (χ4v) is 4.96. The van der Waals surface area contributed by atoms with Gasteiger partial charge in [-0.05, 0) is 53.7 Å². The molecule has 0 aliphatic carbocycles. The van der Waals surface area contributed by atoms with Crippen LogP contribution in [0, 0.1) is 0 Å². The molecule has 10 heteroatoms. The van der Waals surface area contributed by atoms with Crippen LogP contribution in [-0.4, -0.2) is 74.4 Å². The molecule has 0 aromatic heterocycles. The molecular formula is C24H24BrN3O5S. The number of carbonyl (C=O) groups is 2. The SMILES string of the molecule is COc1cc(Br)c(/C=C2/SC(=Nc3cccc(C(=O)N4CCOCC4)c3)N(C)C2=O)cc1OC. The number of halogens is 1. The minimum Gasteiger partial charge on any atom is -0.493 e. The first-order valence-corrected chi connectivity index (χ1v) is 12.2. The van der Waals surface area contributed by atoms with Crippen LogP contribution >= 0.6 is 27.7 Å². The molecule has 0 spiro atoms. The molecule has 0 radical (unpaired) electrons. The Labute approximate surface area is 210 Å². The number of hydrogen-bond donors (Lipinski definition) is 0. The van der Waals surface area contributed by atoms with Crippen molar-refractivity contribution in [3.05, 3.63) is 56.9 Å². The van der Waals surface area contributed by atoms with Crippen LogP contribution in [0.2, 0.25) is 0 Å². The van der Waals surface area contributed by atoms with Gasteiger partial charge in [-0.25, -0.2) is 4.99 Å². The van der Waals surface area contributed by atoms with Crippen LogP contribution in [0.1, 0.15) is 15.9 Å². The van der Waals surface area contributed by atoms with E-state index >= 15 is 0 Å². The highest BCUT2D eigenvalue weighted by Gasteiger charge is 2.31. The quantitative estimate of drug-likeness (QED) is 0.524. The van der Waals surface area contributed by atoms with Crippen molar-refractivity contribution in [2.75, 3.05) is 47.6 Å². The first-order valence-electron chi connectivity index (χ1n) is 10.6. The van der Waals surface area contributed by atoms with Crippen molar-refractivity contribution in [1.82, 2.24) is 9.80 Å². The summed E-state index contributed by atoms with van der Waals surface area (Å²) in [5.41, 5.74) is 1.95. The standard InChI is InChI=1S/C24H24BrN3O5S/c1-27-23(30)21(13-16-12-19(31-2)20(32-3)14-18(16)25)34-24(27)26-17-6-4-5-15(11-17)22(29)28-7-9-33-10-8-28/h4-6,11-14H,7-10H2,1-3H3/b21-13+,26-24?. The van der Waals surface area contributed by atoms with Gasteiger partial charge in [0.1, 0.15) is 0 Å². The van der Waals surface area contributed by atoms with Gasteiger partial charge in [-0.15, -0.1) is 0 Å². The first-order chi connectivity index (χ1) is 16.4. The lowest BCUT2D eigenvalue weighted by Crippen LogP contribution is -2.40. The number of carbonyl (C=O) groups excluding carboxylic acids is 2. The highest BCUT2D eigenvalue weighted by Crippen LogP contribution is 2.38. The Morgan fingerprint density at radius 1 is 1.15 bits per heavy atom. The molecule has 2 fully saturated rings. The van der Waals surface area contributed by atoms with E-state index in [1.807, 2.05) is 6.07 Å². The Kier molecular flexibility index (Phi) is 7.60. The van der Waals surface area contributed by atoms with Crippen molar-refractivity contribution in [2.45, 2.75) is 0 Å². The summed E-state index contributed by atoms with van der Waals surface area (Å²) in [5.74, 6) is 0.948. The fourth-order valence-electron chi connectivity index (χ4n) is 3.54. The van der Waals surface area contributed by atoms with Crippen LogP contribution in [0.3, 0.4) is 0 Å². The van der Waals surface area contributed by atoms with Gasteiger partial charge in [-0.1, -0.05) is 22.0 Å². The number of benzene rings is 2. The van der Waals surface area contributed by atoms with Crippen LogP contribution in [0.4, 0.5) is 5.69 Å². The molecule has 0 unspecified atom stereocenters. The maximum absolute atomic E-state index is 12.9. The highest BCUT2D eigenvalue weighted by molar-refractivity contribution is 9.10. The van der Waals surface area contributed by atoms with Gasteiger partial charge in [0.05, 0.1) is 38.0 Å². The molecule has 2 heterocycles. The maximum Gasteiger partial charge on any atom is 0.266 e. The van der Waals surface area contributed by atoms with Crippen molar-refractivity contribution in [3.8, 4) is 11.5 Å².